The van der Waals surface area contributed by atoms with Crippen molar-refractivity contribution in [3.05, 3.63) is 70.9 Å². The van der Waals surface area contributed by atoms with E-state index in [9.17, 15) is 13.2 Å². The van der Waals surface area contributed by atoms with E-state index >= 15 is 0 Å². The molecule has 0 aliphatic heterocycles. The van der Waals surface area contributed by atoms with Crippen molar-refractivity contribution in [2.45, 2.75) is 11.8 Å². The first-order valence-corrected chi connectivity index (χ1v) is 9.17. The molecule has 1 amide bonds. The van der Waals surface area contributed by atoms with Crippen LogP contribution < -0.4 is 10.3 Å². The lowest BCUT2D eigenvalue weighted by Gasteiger charge is -2.10. The molecule has 0 bridgehead atoms. The second-order valence-corrected chi connectivity index (χ2v) is 7.44. The average molecular weight is 376 g/mol. The van der Waals surface area contributed by atoms with Gasteiger partial charge in [0.25, 0.3) is 15.9 Å². The molecule has 1 aromatic heterocycles. The molecule has 0 unspecified atom stereocenters. The van der Waals surface area contributed by atoms with Crippen LogP contribution in [-0.2, 0) is 10.0 Å². The number of hydrogen-bond acceptors (Lipinski definition) is 4. The number of amides is 1. The van der Waals surface area contributed by atoms with E-state index in [4.69, 9.17) is 11.6 Å². The van der Waals surface area contributed by atoms with Gasteiger partial charge in [-0.1, -0.05) is 41.9 Å². The van der Waals surface area contributed by atoms with E-state index in [1.165, 1.54) is 18.2 Å². The summed E-state index contributed by atoms with van der Waals surface area (Å²) in [6.45, 7) is 1.79. The first-order valence-electron chi connectivity index (χ1n) is 7.31. The molecule has 2 N–H and O–H groups in total. The molecule has 128 valence electrons. The van der Waals surface area contributed by atoms with Gasteiger partial charge in [0.2, 0.25) is 0 Å². The van der Waals surface area contributed by atoms with Crippen LogP contribution >= 0.6 is 11.6 Å². The molecule has 3 aromatic rings. The third-order valence-corrected chi connectivity index (χ3v) is 5.24. The molecule has 0 fully saturated rings. The highest BCUT2D eigenvalue weighted by atomic mass is 35.5. The Hall–Kier alpha value is -2.48. The molecular weight excluding hydrogens is 362 g/mol. The van der Waals surface area contributed by atoms with Crippen molar-refractivity contribution in [3.63, 3.8) is 0 Å². The zero-order valence-corrected chi connectivity index (χ0v) is 14.7. The van der Waals surface area contributed by atoms with Gasteiger partial charge in [0, 0.05) is 5.39 Å². The fourth-order valence-corrected chi connectivity index (χ4v) is 3.69. The topological polar surface area (TPSA) is 88.2 Å². The number of aryl methyl sites for hydroxylation is 1. The summed E-state index contributed by atoms with van der Waals surface area (Å²) in [5, 5.41) is 0.955. The number of benzene rings is 2. The van der Waals surface area contributed by atoms with Crippen LogP contribution in [0.5, 0.6) is 0 Å². The molecule has 0 saturated heterocycles. The van der Waals surface area contributed by atoms with Crippen molar-refractivity contribution in [3.8, 4) is 0 Å². The van der Waals surface area contributed by atoms with Crippen LogP contribution in [0.2, 0.25) is 5.02 Å². The Bertz CT molecular complexity index is 1070. The number of fused-ring (bicyclic) bond motifs is 1. The lowest BCUT2D eigenvalue weighted by atomic mass is 10.2. The van der Waals surface area contributed by atoms with Crippen LogP contribution in [0.4, 0.5) is 0 Å². The number of hydrogen-bond donors (Lipinski definition) is 2. The minimum atomic E-state index is -3.99. The van der Waals surface area contributed by atoms with E-state index < -0.39 is 15.9 Å². The van der Waals surface area contributed by atoms with Crippen molar-refractivity contribution in [2.75, 3.05) is 0 Å². The third-order valence-electron chi connectivity index (χ3n) is 3.51. The maximum absolute atomic E-state index is 12.3. The molecule has 3 rings (SSSR count). The molecule has 25 heavy (non-hydrogen) atoms. The number of nitrogens with one attached hydrogen (secondary N) is 2. The number of rotatable bonds is 4. The largest absolute Gasteiger partial charge is 0.284 e. The fourth-order valence-electron chi connectivity index (χ4n) is 2.25. The average Bonchev–Trinajstić information content (AvgIpc) is 2.59. The summed E-state index contributed by atoms with van der Waals surface area (Å²) >= 11 is 5.97. The minimum Gasteiger partial charge on any atom is -0.272 e. The number of aromatic nitrogens is 1. The predicted molar refractivity (Wildman–Crippen MR) is 95.7 cm³/mol. The maximum atomic E-state index is 12.3. The number of carbonyl (C=O) groups excluding carboxylic acids is 1. The summed E-state index contributed by atoms with van der Waals surface area (Å²) in [5.74, 6) is -0.669. The van der Waals surface area contributed by atoms with Crippen molar-refractivity contribution in [2.24, 2.45) is 0 Å². The predicted octanol–water partition coefficient (Wildman–Crippen LogP) is 2.82. The molecular formula is C17H14ClN3O3S. The smallest absolute Gasteiger partial charge is 0.272 e. The van der Waals surface area contributed by atoms with Crippen molar-refractivity contribution in [1.82, 2.24) is 15.2 Å². The van der Waals surface area contributed by atoms with Gasteiger partial charge >= 0.3 is 0 Å². The van der Waals surface area contributed by atoms with Crippen LogP contribution in [0.1, 0.15) is 16.1 Å². The van der Waals surface area contributed by atoms with Gasteiger partial charge in [0.1, 0.15) is 10.6 Å². The Morgan fingerprint density at radius 1 is 1.08 bits per heavy atom. The van der Waals surface area contributed by atoms with Gasteiger partial charge in [-0.15, -0.1) is 4.83 Å². The highest BCUT2D eigenvalue weighted by molar-refractivity contribution is 7.89. The Morgan fingerprint density at radius 2 is 1.84 bits per heavy atom. The second-order valence-electron chi connectivity index (χ2n) is 5.38. The SMILES string of the molecule is Cc1ccc(S(=O)(=O)NNC(=O)c2ccc3ccccc3n2)c(Cl)c1. The summed E-state index contributed by atoms with van der Waals surface area (Å²) in [6, 6.07) is 15.1. The van der Waals surface area contributed by atoms with E-state index in [0.717, 1.165) is 10.9 Å². The summed E-state index contributed by atoms with van der Waals surface area (Å²) in [7, 11) is -3.99. The quantitative estimate of drug-likeness (QED) is 0.686. The first kappa shape index (κ1) is 17.3. The van der Waals surface area contributed by atoms with E-state index in [0.29, 0.717) is 5.52 Å². The van der Waals surface area contributed by atoms with E-state index in [1.807, 2.05) is 17.0 Å². The van der Waals surface area contributed by atoms with Gasteiger partial charge in [0.15, 0.2) is 0 Å². The normalized spacial score (nSPS) is 11.4. The number of para-hydroxylation sites is 1. The summed E-state index contributed by atoms with van der Waals surface area (Å²) in [4.78, 5) is 18.3. The molecule has 8 heteroatoms. The highest BCUT2D eigenvalue weighted by Gasteiger charge is 2.19. The van der Waals surface area contributed by atoms with Gasteiger partial charge in [-0.3, -0.25) is 10.2 Å². The van der Waals surface area contributed by atoms with E-state index in [1.54, 1.807) is 31.2 Å². The molecule has 0 radical (unpaired) electrons. The monoisotopic (exact) mass is 375 g/mol. The number of hydrazine groups is 1. The minimum absolute atomic E-state index is 0.0746. The molecule has 0 aliphatic carbocycles. The summed E-state index contributed by atoms with van der Waals surface area (Å²) < 4.78 is 24.6. The lowest BCUT2D eigenvalue weighted by Crippen LogP contribution is -2.41. The number of carbonyl (C=O) groups is 1. The van der Waals surface area contributed by atoms with Crippen LogP contribution in [-0.4, -0.2) is 19.3 Å². The van der Waals surface area contributed by atoms with Gasteiger partial charge in [-0.25, -0.2) is 13.4 Å². The third kappa shape index (κ3) is 3.79. The van der Waals surface area contributed by atoms with Crippen LogP contribution in [0.15, 0.2) is 59.5 Å². The Kier molecular flexibility index (Phi) is 4.71. The number of sulfonamides is 1. The summed E-state index contributed by atoms with van der Waals surface area (Å²) in [6.07, 6.45) is 0. The Labute approximate surface area is 149 Å². The standard InChI is InChI=1S/C17H14ClN3O3S/c1-11-6-9-16(13(18)10-11)25(23,24)21-20-17(22)15-8-7-12-4-2-3-5-14(12)19-15/h2-10,21H,1H3,(H,20,22). The van der Waals surface area contributed by atoms with Crippen molar-refractivity contribution < 1.29 is 13.2 Å². The first-order chi connectivity index (χ1) is 11.9. The van der Waals surface area contributed by atoms with Crippen LogP contribution in [0.25, 0.3) is 10.9 Å². The lowest BCUT2D eigenvalue weighted by molar-refractivity contribution is 0.0940. The second kappa shape index (κ2) is 6.79. The van der Waals surface area contributed by atoms with Crippen molar-refractivity contribution >= 4 is 38.4 Å². The van der Waals surface area contributed by atoms with Gasteiger partial charge < -0.3 is 0 Å². The van der Waals surface area contributed by atoms with E-state index in [-0.39, 0.29) is 15.6 Å². The van der Waals surface area contributed by atoms with Crippen molar-refractivity contribution in [1.29, 1.82) is 0 Å². The Morgan fingerprint density at radius 3 is 2.60 bits per heavy atom. The van der Waals surface area contributed by atoms with Gasteiger partial charge in [-0.05, 0) is 36.8 Å². The maximum Gasteiger partial charge on any atom is 0.284 e. The highest BCUT2D eigenvalue weighted by Crippen LogP contribution is 2.21. The Balaban J connectivity index is 1.78. The van der Waals surface area contributed by atoms with Gasteiger partial charge in [-0.2, -0.15) is 0 Å². The van der Waals surface area contributed by atoms with Crippen LogP contribution in [0, 0.1) is 6.92 Å². The molecule has 0 atom stereocenters. The zero-order chi connectivity index (χ0) is 18.0. The number of pyridine rings is 1. The van der Waals surface area contributed by atoms with Gasteiger partial charge in [0.05, 0.1) is 10.5 Å². The molecule has 1 heterocycles. The molecule has 0 saturated carbocycles. The zero-order valence-electron chi connectivity index (χ0n) is 13.2. The molecule has 2 aromatic carbocycles. The molecule has 0 aliphatic rings. The molecule has 6 nitrogen and oxygen atoms in total. The number of halogens is 1. The number of nitrogens with zero attached hydrogens (tertiary/aromatic N) is 1. The molecule has 0 spiro atoms. The van der Waals surface area contributed by atoms with E-state index in [2.05, 4.69) is 10.4 Å². The summed E-state index contributed by atoms with van der Waals surface area (Å²) in [5.41, 5.74) is 3.71. The van der Waals surface area contributed by atoms with Crippen LogP contribution in [0.3, 0.4) is 0 Å². The fraction of sp³-hybridized carbons (Fsp3) is 0.0588.